The molecule has 0 aliphatic rings. The Hall–Kier alpha value is -2.40. The van der Waals surface area contributed by atoms with E-state index in [1.807, 2.05) is 0 Å². The summed E-state index contributed by atoms with van der Waals surface area (Å²) in [7, 11) is 0. The van der Waals surface area contributed by atoms with Crippen LogP contribution in [-0.2, 0) is 0 Å². The van der Waals surface area contributed by atoms with Crippen LogP contribution in [0.5, 0.6) is 5.75 Å². The van der Waals surface area contributed by atoms with Crippen LogP contribution in [0.15, 0.2) is 47.0 Å². The minimum absolute atomic E-state index is 0.109. The standard InChI is InChI=1S/C14H8ClFN2O2/c15-9-3-1-2-8(6-9)13-17-14(20-18-13)11-5-4-10(16)7-12(11)19/h1-7,19H. The zero-order valence-electron chi connectivity index (χ0n) is 10.0. The molecular weight excluding hydrogens is 283 g/mol. The topological polar surface area (TPSA) is 59.2 Å². The second kappa shape index (κ2) is 4.94. The Morgan fingerprint density at radius 3 is 2.75 bits per heavy atom. The third-order valence-electron chi connectivity index (χ3n) is 2.70. The molecule has 3 rings (SSSR count). The number of nitrogens with zero attached hydrogens (tertiary/aromatic N) is 2. The molecule has 2 aromatic carbocycles. The molecule has 0 amide bonds. The van der Waals surface area contributed by atoms with Crippen LogP contribution in [0.2, 0.25) is 5.02 Å². The van der Waals surface area contributed by atoms with Gasteiger partial charge in [0.25, 0.3) is 5.89 Å². The minimum atomic E-state index is -0.541. The molecule has 0 saturated carbocycles. The lowest BCUT2D eigenvalue weighted by molar-refractivity contribution is 0.425. The molecule has 1 aromatic heterocycles. The summed E-state index contributed by atoms with van der Waals surface area (Å²) < 4.78 is 18.0. The van der Waals surface area contributed by atoms with Crippen molar-refractivity contribution < 1.29 is 14.0 Å². The van der Waals surface area contributed by atoms with Gasteiger partial charge in [0.2, 0.25) is 5.82 Å². The van der Waals surface area contributed by atoms with Crippen LogP contribution in [0.25, 0.3) is 22.8 Å². The highest BCUT2D eigenvalue weighted by molar-refractivity contribution is 6.30. The third-order valence-corrected chi connectivity index (χ3v) is 2.93. The Balaban J connectivity index is 2.02. The van der Waals surface area contributed by atoms with Gasteiger partial charge in [0.05, 0.1) is 5.56 Å². The van der Waals surface area contributed by atoms with Crippen LogP contribution in [0.1, 0.15) is 0 Å². The molecule has 100 valence electrons. The van der Waals surface area contributed by atoms with E-state index in [4.69, 9.17) is 16.1 Å². The summed E-state index contributed by atoms with van der Waals surface area (Å²) in [5, 5.41) is 14.1. The number of aromatic nitrogens is 2. The number of phenols is 1. The van der Waals surface area contributed by atoms with E-state index in [0.29, 0.717) is 16.4 Å². The van der Waals surface area contributed by atoms with Gasteiger partial charge >= 0.3 is 0 Å². The van der Waals surface area contributed by atoms with Gasteiger partial charge in [-0.3, -0.25) is 0 Å². The van der Waals surface area contributed by atoms with Crippen molar-refractivity contribution in [3.05, 3.63) is 53.3 Å². The normalized spacial score (nSPS) is 10.7. The second-order valence-electron chi connectivity index (χ2n) is 4.09. The molecule has 1 N–H and O–H groups in total. The highest BCUT2D eigenvalue weighted by Crippen LogP contribution is 2.30. The third kappa shape index (κ3) is 2.35. The summed E-state index contributed by atoms with van der Waals surface area (Å²) in [4.78, 5) is 4.16. The van der Waals surface area contributed by atoms with Crippen molar-refractivity contribution in [2.75, 3.05) is 0 Å². The summed E-state index contributed by atoms with van der Waals surface area (Å²) >= 11 is 5.89. The molecule has 3 aromatic rings. The molecule has 0 unspecified atom stereocenters. The molecule has 0 aliphatic heterocycles. The van der Waals surface area contributed by atoms with E-state index in [1.54, 1.807) is 24.3 Å². The Labute approximate surface area is 118 Å². The predicted octanol–water partition coefficient (Wildman–Crippen LogP) is 3.90. The first kappa shape index (κ1) is 12.6. The van der Waals surface area contributed by atoms with E-state index < -0.39 is 5.82 Å². The lowest BCUT2D eigenvalue weighted by Crippen LogP contribution is -1.83. The Morgan fingerprint density at radius 1 is 1.15 bits per heavy atom. The number of benzene rings is 2. The summed E-state index contributed by atoms with van der Waals surface area (Å²) in [5.74, 6) is -0.351. The first-order chi connectivity index (χ1) is 9.63. The molecule has 20 heavy (non-hydrogen) atoms. The van der Waals surface area contributed by atoms with E-state index in [1.165, 1.54) is 12.1 Å². The largest absolute Gasteiger partial charge is 0.507 e. The number of phenolic OH excluding ortho intramolecular Hbond substituents is 1. The van der Waals surface area contributed by atoms with Gasteiger partial charge in [0.1, 0.15) is 11.6 Å². The second-order valence-corrected chi connectivity index (χ2v) is 4.53. The average Bonchev–Trinajstić information content (AvgIpc) is 2.88. The van der Waals surface area contributed by atoms with Crippen molar-refractivity contribution in [3.8, 4) is 28.6 Å². The molecule has 0 saturated heterocycles. The molecule has 0 radical (unpaired) electrons. The molecule has 6 heteroatoms. The zero-order chi connectivity index (χ0) is 14.1. The first-order valence-electron chi connectivity index (χ1n) is 5.72. The average molecular weight is 291 g/mol. The molecular formula is C14H8ClFN2O2. The zero-order valence-corrected chi connectivity index (χ0v) is 10.8. The van der Waals surface area contributed by atoms with Crippen molar-refractivity contribution in [2.24, 2.45) is 0 Å². The summed E-state index contributed by atoms with van der Waals surface area (Å²) in [5.41, 5.74) is 0.960. The summed E-state index contributed by atoms with van der Waals surface area (Å²) in [6, 6.07) is 10.5. The smallest absolute Gasteiger partial charge is 0.262 e. The fourth-order valence-corrected chi connectivity index (χ4v) is 1.95. The number of aromatic hydroxyl groups is 1. The highest BCUT2D eigenvalue weighted by Gasteiger charge is 2.14. The van der Waals surface area contributed by atoms with Gasteiger partial charge in [-0.05, 0) is 24.3 Å². The van der Waals surface area contributed by atoms with Crippen LogP contribution < -0.4 is 0 Å². The van der Waals surface area contributed by atoms with Gasteiger partial charge < -0.3 is 9.63 Å². The van der Waals surface area contributed by atoms with E-state index in [0.717, 1.165) is 6.07 Å². The van der Waals surface area contributed by atoms with E-state index in [-0.39, 0.29) is 17.2 Å². The molecule has 0 bridgehead atoms. The molecule has 0 fully saturated rings. The maximum Gasteiger partial charge on any atom is 0.262 e. The number of halogens is 2. The number of rotatable bonds is 2. The minimum Gasteiger partial charge on any atom is -0.507 e. The van der Waals surface area contributed by atoms with E-state index >= 15 is 0 Å². The van der Waals surface area contributed by atoms with Crippen LogP contribution in [0.3, 0.4) is 0 Å². The monoisotopic (exact) mass is 290 g/mol. The lowest BCUT2D eigenvalue weighted by Gasteiger charge is -1.98. The van der Waals surface area contributed by atoms with Gasteiger partial charge in [-0.2, -0.15) is 4.98 Å². The van der Waals surface area contributed by atoms with Crippen LogP contribution >= 0.6 is 11.6 Å². The van der Waals surface area contributed by atoms with Gasteiger partial charge in [-0.25, -0.2) is 4.39 Å². The van der Waals surface area contributed by atoms with Crippen LogP contribution in [0, 0.1) is 5.82 Å². The van der Waals surface area contributed by atoms with Crippen molar-refractivity contribution >= 4 is 11.6 Å². The van der Waals surface area contributed by atoms with Gasteiger partial charge in [-0.15, -0.1) is 0 Å². The van der Waals surface area contributed by atoms with E-state index in [9.17, 15) is 9.50 Å². The van der Waals surface area contributed by atoms with E-state index in [2.05, 4.69) is 10.1 Å². The van der Waals surface area contributed by atoms with Gasteiger partial charge in [-0.1, -0.05) is 28.9 Å². The Bertz CT molecular complexity index is 773. The molecule has 0 atom stereocenters. The maximum atomic E-state index is 12.9. The molecule has 4 nitrogen and oxygen atoms in total. The van der Waals surface area contributed by atoms with Crippen molar-refractivity contribution in [1.29, 1.82) is 0 Å². The SMILES string of the molecule is Oc1cc(F)ccc1-c1nc(-c2cccc(Cl)c2)no1. The van der Waals surface area contributed by atoms with Crippen molar-refractivity contribution in [2.45, 2.75) is 0 Å². The maximum absolute atomic E-state index is 12.9. The fourth-order valence-electron chi connectivity index (χ4n) is 1.76. The molecule has 1 heterocycles. The first-order valence-corrected chi connectivity index (χ1v) is 6.10. The van der Waals surface area contributed by atoms with Crippen LogP contribution in [-0.4, -0.2) is 15.2 Å². The molecule has 0 spiro atoms. The predicted molar refractivity (Wildman–Crippen MR) is 71.8 cm³/mol. The van der Waals surface area contributed by atoms with Crippen molar-refractivity contribution in [3.63, 3.8) is 0 Å². The lowest BCUT2D eigenvalue weighted by atomic mass is 10.2. The summed E-state index contributed by atoms with van der Waals surface area (Å²) in [6.45, 7) is 0. The van der Waals surface area contributed by atoms with Crippen LogP contribution in [0.4, 0.5) is 4.39 Å². The van der Waals surface area contributed by atoms with Crippen molar-refractivity contribution in [1.82, 2.24) is 10.1 Å². The van der Waals surface area contributed by atoms with Gasteiger partial charge in [0, 0.05) is 16.7 Å². The molecule has 0 aliphatic carbocycles. The Morgan fingerprint density at radius 2 is 2.00 bits per heavy atom. The van der Waals surface area contributed by atoms with Gasteiger partial charge in [0.15, 0.2) is 0 Å². The fraction of sp³-hybridized carbons (Fsp3) is 0. The quantitative estimate of drug-likeness (QED) is 0.777. The Kier molecular flexibility index (Phi) is 3.12. The number of hydrogen-bond acceptors (Lipinski definition) is 4. The highest BCUT2D eigenvalue weighted by atomic mass is 35.5. The summed E-state index contributed by atoms with van der Waals surface area (Å²) in [6.07, 6.45) is 0. The number of hydrogen-bond donors (Lipinski definition) is 1.